The first kappa shape index (κ1) is 11.4. The molecule has 0 spiro atoms. The van der Waals surface area contributed by atoms with Crippen molar-refractivity contribution in [3.05, 3.63) is 30.5 Å². The van der Waals surface area contributed by atoms with Crippen molar-refractivity contribution in [3.63, 3.8) is 0 Å². The van der Waals surface area contributed by atoms with Gasteiger partial charge in [0.25, 0.3) is 0 Å². The number of rotatable bonds is 3. The number of aliphatic hydroxyl groups excluding tert-OH is 1. The minimum atomic E-state index is 0.249. The Kier molecular flexibility index (Phi) is 3.11. The van der Waals surface area contributed by atoms with Crippen LogP contribution >= 0.6 is 0 Å². The van der Waals surface area contributed by atoms with E-state index < -0.39 is 0 Å². The van der Waals surface area contributed by atoms with Gasteiger partial charge in [-0.3, -0.25) is 4.98 Å². The molecule has 3 rings (SSSR count). The number of nitrogens with zero attached hydrogens (tertiary/aromatic N) is 2. The molecule has 1 aliphatic carbocycles. The lowest BCUT2D eigenvalue weighted by Crippen LogP contribution is -2.26. The van der Waals surface area contributed by atoms with Crippen LogP contribution in [0.4, 0.5) is 5.82 Å². The molecule has 2 aromatic rings. The fourth-order valence-corrected chi connectivity index (χ4v) is 2.66. The fourth-order valence-electron chi connectivity index (χ4n) is 2.66. The molecule has 0 saturated heterocycles. The summed E-state index contributed by atoms with van der Waals surface area (Å²) in [5.41, 5.74) is 1.81. The number of anilines is 1. The molecule has 4 nitrogen and oxygen atoms in total. The lowest BCUT2D eigenvalue weighted by atomic mass is 10.1. The zero-order valence-electron chi connectivity index (χ0n) is 10.2. The number of benzene rings is 1. The summed E-state index contributed by atoms with van der Waals surface area (Å²) >= 11 is 0. The highest BCUT2D eigenvalue weighted by atomic mass is 16.3. The molecule has 1 fully saturated rings. The molecule has 1 aliphatic rings. The number of aromatic nitrogens is 2. The van der Waals surface area contributed by atoms with Gasteiger partial charge in [-0.2, -0.15) is 0 Å². The van der Waals surface area contributed by atoms with Gasteiger partial charge in [-0.05, 0) is 25.0 Å². The molecular formula is C14H17N3O. The van der Waals surface area contributed by atoms with Gasteiger partial charge in [0, 0.05) is 18.6 Å². The molecule has 18 heavy (non-hydrogen) atoms. The Bertz CT molecular complexity index is 543. The summed E-state index contributed by atoms with van der Waals surface area (Å²) in [5.74, 6) is 1.15. The SMILES string of the molecule is OCC1CCCC1Nc1cnc2ccccc2n1. The van der Waals surface area contributed by atoms with Crippen molar-refractivity contribution in [2.24, 2.45) is 5.92 Å². The monoisotopic (exact) mass is 243 g/mol. The molecule has 1 heterocycles. The molecule has 0 aliphatic heterocycles. The average molecular weight is 243 g/mol. The summed E-state index contributed by atoms with van der Waals surface area (Å²) in [6.07, 6.45) is 5.13. The predicted molar refractivity (Wildman–Crippen MR) is 71.4 cm³/mol. The van der Waals surface area contributed by atoms with Crippen molar-refractivity contribution in [1.29, 1.82) is 0 Å². The maximum absolute atomic E-state index is 9.31. The Balaban J connectivity index is 1.82. The third-order valence-electron chi connectivity index (χ3n) is 3.68. The maximum Gasteiger partial charge on any atom is 0.145 e. The first-order valence-electron chi connectivity index (χ1n) is 6.46. The Morgan fingerprint density at radius 2 is 2.06 bits per heavy atom. The second-order valence-corrected chi connectivity index (χ2v) is 4.87. The third-order valence-corrected chi connectivity index (χ3v) is 3.68. The second-order valence-electron chi connectivity index (χ2n) is 4.87. The summed E-state index contributed by atoms with van der Waals surface area (Å²) in [7, 11) is 0. The molecule has 0 radical (unpaired) electrons. The zero-order chi connectivity index (χ0) is 12.4. The van der Waals surface area contributed by atoms with E-state index in [4.69, 9.17) is 0 Å². The summed E-state index contributed by atoms with van der Waals surface area (Å²) in [5, 5.41) is 12.7. The molecule has 2 N–H and O–H groups in total. The summed E-state index contributed by atoms with van der Waals surface area (Å²) in [4.78, 5) is 8.94. The topological polar surface area (TPSA) is 58.0 Å². The van der Waals surface area contributed by atoms with Gasteiger partial charge in [0.1, 0.15) is 5.82 Å². The molecule has 1 saturated carbocycles. The minimum absolute atomic E-state index is 0.249. The quantitative estimate of drug-likeness (QED) is 0.867. The third kappa shape index (κ3) is 2.16. The van der Waals surface area contributed by atoms with Gasteiger partial charge in [-0.1, -0.05) is 18.6 Å². The van der Waals surface area contributed by atoms with Crippen molar-refractivity contribution in [3.8, 4) is 0 Å². The molecular weight excluding hydrogens is 226 g/mol. The van der Waals surface area contributed by atoms with Gasteiger partial charge in [-0.25, -0.2) is 4.98 Å². The van der Waals surface area contributed by atoms with Crippen LogP contribution in [0, 0.1) is 5.92 Å². The molecule has 2 unspecified atom stereocenters. The lowest BCUT2D eigenvalue weighted by molar-refractivity contribution is 0.222. The Morgan fingerprint density at radius 3 is 2.89 bits per heavy atom. The summed E-state index contributed by atoms with van der Waals surface area (Å²) in [6.45, 7) is 0.249. The molecule has 1 aromatic heterocycles. The van der Waals surface area contributed by atoms with E-state index >= 15 is 0 Å². The van der Waals surface area contributed by atoms with Crippen LogP contribution in [0.5, 0.6) is 0 Å². The van der Waals surface area contributed by atoms with Crippen LogP contribution in [0.1, 0.15) is 19.3 Å². The highest BCUT2D eigenvalue weighted by Gasteiger charge is 2.26. The van der Waals surface area contributed by atoms with E-state index in [2.05, 4.69) is 15.3 Å². The van der Waals surface area contributed by atoms with E-state index in [1.165, 1.54) is 6.42 Å². The number of fused-ring (bicyclic) bond motifs is 1. The molecule has 0 bridgehead atoms. The maximum atomic E-state index is 9.31. The van der Waals surface area contributed by atoms with E-state index in [1.807, 2.05) is 24.3 Å². The van der Waals surface area contributed by atoms with Gasteiger partial charge in [0.2, 0.25) is 0 Å². The van der Waals surface area contributed by atoms with Crippen LogP contribution in [0.15, 0.2) is 30.5 Å². The highest BCUT2D eigenvalue weighted by molar-refractivity contribution is 5.75. The van der Waals surface area contributed by atoms with E-state index in [9.17, 15) is 5.11 Å². The zero-order valence-corrected chi connectivity index (χ0v) is 10.2. The van der Waals surface area contributed by atoms with Crippen LogP contribution in [-0.4, -0.2) is 27.7 Å². The van der Waals surface area contributed by atoms with Crippen molar-refractivity contribution < 1.29 is 5.11 Å². The second kappa shape index (κ2) is 4.90. The lowest BCUT2D eigenvalue weighted by Gasteiger charge is -2.19. The smallest absolute Gasteiger partial charge is 0.145 e. The van der Waals surface area contributed by atoms with Gasteiger partial charge in [0.05, 0.1) is 17.2 Å². The molecule has 1 aromatic carbocycles. The number of nitrogens with one attached hydrogen (secondary N) is 1. The van der Waals surface area contributed by atoms with Crippen LogP contribution in [0.2, 0.25) is 0 Å². The fraction of sp³-hybridized carbons (Fsp3) is 0.429. The van der Waals surface area contributed by atoms with Gasteiger partial charge >= 0.3 is 0 Å². The summed E-state index contributed by atoms with van der Waals surface area (Å²) < 4.78 is 0. The van der Waals surface area contributed by atoms with Crippen molar-refractivity contribution in [1.82, 2.24) is 9.97 Å². The molecule has 2 atom stereocenters. The van der Waals surface area contributed by atoms with Crippen molar-refractivity contribution in [2.45, 2.75) is 25.3 Å². The molecule has 0 amide bonds. The van der Waals surface area contributed by atoms with E-state index in [-0.39, 0.29) is 6.61 Å². The summed E-state index contributed by atoms with van der Waals surface area (Å²) in [6, 6.07) is 8.17. The number of aliphatic hydroxyl groups is 1. The van der Waals surface area contributed by atoms with Gasteiger partial charge in [-0.15, -0.1) is 0 Å². The van der Waals surface area contributed by atoms with E-state index in [0.29, 0.717) is 12.0 Å². The van der Waals surface area contributed by atoms with Crippen LogP contribution < -0.4 is 5.32 Å². The Hall–Kier alpha value is -1.68. The van der Waals surface area contributed by atoms with Crippen LogP contribution in [-0.2, 0) is 0 Å². The predicted octanol–water partition coefficient (Wildman–Crippen LogP) is 2.20. The first-order chi connectivity index (χ1) is 8.86. The highest BCUT2D eigenvalue weighted by Crippen LogP contribution is 2.27. The van der Waals surface area contributed by atoms with Crippen molar-refractivity contribution in [2.75, 3.05) is 11.9 Å². The van der Waals surface area contributed by atoms with Gasteiger partial charge in [0.15, 0.2) is 0 Å². The van der Waals surface area contributed by atoms with E-state index in [0.717, 1.165) is 29.7 Å². The standard InChI is InChI=1S/C14H17N3O/c18-9-10-4-3-7-11(10)16-14-8-15-12-5-1-2-6-13(12)17-14/h1-2,5-6,8,10-11,18H,3-4,7,9H2,(H,16,17). The van der Waals surface area contributed by atoms with Crippen LogP contribution in [0.3, 0.4) is 0 Å². The first-order valence-corrected chi connectivity index (χ1v) is 6.46. The Labute approximate surface area is 106 Å². The molecule has 4 heteroatoms. The minimum Gasteiger partial charge on any atom is -0.396 e. The average Bonchev–Trinajstić information content (AvgIpc) is 2.86. The number of hydrogen-bond acceptors (Lipinski definition) is 4. The Morgan fingerprint density at radius 1 is 1.22 bits per heavy atom. The number of hydrogen-bond donors (Lipinski definition) is 2. The van der Waals surface area contributed by atoms with Crippen LogP contribution in [0.25, 0.3) is 11.0 Å². The van der Waals surface area contributed by atoms with Crippen molar-refractivity contribution >= 4 is 16.9 Å². The van der Waals surface area contributed by atoms with E-state index in [1.54, 1.807) is 6.20 Å². The normalized spacial score (nSPS) is 23.4. The van der Waals surface area contributed by atoms with Gasteiger partial charge < -0.3 is 10.4 Å². The number of para-hydroxylation sites is 2. The largest absolute Gasteiger partial charge is 0.396 e. The molecule has 94 valence electrons.